The van der Waals surface area contributed by atoms with E-state index in [1.165, 1.54) is 18.3 Å². The quantitative estimate of drug-likeness (QED) is 0.306. The molecule has 218 valence electrons. The van der Waals surface area contributed by atoms with Crippen LogP contribution in [0.25, 0.3) is 0 Å². The summed E-state index contributed by atoms with van der Waals surface area (Å²) in [5, 5.41) is 0.313. The highest BCUT2D eigenvalue weighted by molar-refractivity contribution is 6.30. The molecule has 2 amide bonds. The van der Waals surface area contributed by atoms with Crippen LogP contribution in [-0.4, -0.2) is 34.9 Å². The average Bonchev–Trinajstić information content (AvgIpc) is 2.84. The molecule has 0 N–H and O–H groups in total. The van der Waals surface area contributed by atoms with E-state index in [0.717, 1.165) is 29.7 Å². The minimum Gasteiger partial charge on any atom is -0.443 e. The Kier molecular flexibility index (Phi) is 8.59. The normalized spacial score (nSPS) is 13.4. The summed E-state index contributed by atoms with van der Waals surface area (Å²) < 4.78 is 41.7. The maximum atomic E-state index is 16.1. The zero-order valence-electron chi connectivity index (χ0n) is 24.1. The van der Waals surface area contributed by atoms with E-state index < -0.39 is 40.8 Å². The second kappa shape index (κ2) is 11.6. The number of fused-ring (bicyclic) bond motifs is 1. The number of ether oxygens (including phenoxy) is 2. The molecule has 2 aromatic carbocycles. The van der Waals surface area contributed by atoms with Gasteiger partial charge in [-0.3, -0.25) is 0 Å². The van der Waals surface area contributed by atoms with Gasteiger partial charge in [-0.15, -0.1) is 0 Å². The summed E-state index contributed by atoms with van der Waals surface area (Å²) in [5.74, 6) is -1.79. The van der Waals surface area contributed by atoms with Crippen LogP contribution < -0.4 is 9.80 Å². The predicted molar refractivity (Wildman–Crippen MR) is 155 cm³/mol. The highest BCUT2D eigenvalue weighted by atomic mass is 35.5. The number of amides is 2. The molecule has 7 nitrogen and oxygen atoms in total. The van der Waals surface area contributed by atoms with E-state index in [0.29, 0.717) is 22.2 Å². The molecule has 0 spiro atoms. The molecule has 10 heteroatoms. The minimum absolute atomic E-state index is 0.151. The number of benzene rings is 2. The molecule has 1 aliphatic rings. The first-order valence-corrected chi connectivity index (χ1v) is 13.8. The maximum Gasteiger partial charge on any atom is 0.425 e. The number of carbonyl (C=O) groups excluding carboxylic acids is 2. The molecule has 4 rings (SSSR count). The molecule has 3 aromatic rings. The third kappa shape index (κ3) is 7.14. The number of halogens is 3. The summed E-state index contributed by atoms with van der Waals surface area (Å²) in [6.07, 6.45) is 0.763. The number of hydrogen-bond donors (Lipinski definition) is 0. The van der Waals surface area contributed by atoms with Gasteiger partial charge in [-0.1, -0.05) is 23.7 Å². The number of carbonyl (C=O) groups is 2. The largest absolute Gasteiger partial charge is 0.443 e. The number of imide groups is 1. The molecule has 2 heterocycles. The van der Waals surface area contributed by atoms with Gasteiger partial charge >= 0.3 is 12.2 Å². The lowest BCUT2D eigenvalue weighted by molar-refractivity contribution is 0.0427. The molecular formula is C31H34ClF2N3O4. The van der Waals surface area contributed by atoms with Crippen molar-refractivity contribution >= 4 is 41.0 Å². The zero-order chi connectivity index (χ0) is 30.1. The number of nitrogens with zero attached hydrogens (tertiary/aromatic N) is 3. The maximum absolute atomic E-state index is 16.1. The first kappa shape index (κ1) is 30.2. The van der Waals surface area contributed by atoms with E-state index in [2.05, 4.69) is 4.98 Å². The lowest BCUT2D eigenvalue weighted by atomic mass is 9.92. The second-order valence-corrected chi connectivity index (χ2v) is 12.3. The molecule has 0 aliphatic carbocycles. The number of pyridine rings is 1. The molecule has 0 saturated heterocycles. The Labute approximate surface area is 244 Å². The van der Waals surface area contributed by atoms with Crippen molar-refractivity contribution in [2.24, 2.45) is 0 Å². The molecule has 0 saturated carbocycles. The zero-order valence-corrected chi connectivity index (χ0v) is 24.8. The molecule has 0 unspecified atom stereocenters. The van der Waals surface area contributed by atoms with E-state index in [1.807, 2.05) is 23.1 Å². The smallest absolute Gasteiger partial charge is 0.425 e. The third-order valence-electron chi connectivity index (χ3n) is 6.24. The number of rotatable bonds is 4. The third-order valence-corrected chi connectivity index (χ3v) is 6.48. The highest BCUT2D eigenvalue weighted by Crippen LogP contribution is 2.38. The van der Waals surface area contributed by atoms with Crippen molar-refractivity contribution < 1.29 is 27.8 Å². The standard InChI is InChI=1S/C31H34ClF2N3O4/c1-30(2,3)40-28(38)37(29(39)41-31(4,5)6)27-26(34)20(14-15-35-27)17-19-9-7-11-24-22(19)10-8-16-36(24)25-13-12-21(32)18-23(25)33/h7,9,11-15,18H,8,10,16-17H2,1-6H3. The lowest BCUT2D eigenvalue weighted by Gasteiger charge is -2.33. The van der Waals surface area contributed by atoms with Crippen LogP contribution in [-0.2, 0) is 22.3 Å². The van der Waals surface area contributed by atoms with Crippen molar-refractivity contribution in [1.29, 1.82) is 0 Å². The van der Waals surface area contributed by atoms with E-state index >= 15 is 4.39 Å². The molecular weight excluding hydrogens is 552 g/mol. The fraction of sp³-hybridized carbons (Fsp3) is 0.387. The Bertz CT molecular complexity index is 1440. The summed E-state index contributed by atoms with van der Waals surface area (Å²) in [7, 11) is 0. The van der Waals surface area contributed by atoms with Gasteiger partial charge in [0.2, 0.25) is 0 Å². The summed E-state index contributed by atoms with van der Waals surface area (Å²) in [5.41, 5.74) is 1.34. The Morgan fingerprint density at radius 3 is 2.22 bits per heavy atom. The minimum atomic E-state index is -1.10. The fourth-order valence-electron chi connectivity index (χ4n) is 4.64. The Morgan fingerprint density at radius 2 is 1.61 bits per heavy atom. The van der Waals surface area contributed by atoms with Gasteiger partial charge in [0.1, 0.15) is 17.0 Å². The van der Waals surface area contributed by atoms with Gasteiger partial charge in [-0.25, -0.2) is 23.4 Å². The van der Waals surface area contributed by atoms with E-state index in [4.69, 9.17) is 21.1 Å². The summed E-state index contributed by atoms with van der Waals surface area (Å²) >= 11 is 5.96. The Balaban J connectivity index is 1.72. The van der Waals surface area contributed by atoms with Crippen LogP contribution in [0.15, 0.2) is 48.7 Å². The molecule has 1 aliphatic heterocycles. The summed E-state index contributed by atoms with van der Waals surface area (Å²) in [4.78, 5) is 32.6. The molecule has 1 aromatic heterocycles. The molecule has 0 atom stereocenters. The first-order chi connectivity index (χ1) is 19.1. The molecule has 41 heavy (non-hydrogen) atoms. The Morgan fingerprint density at radius 1 is 0.951 bits per heavy atom. The van der Waals surface area contributed by atoms with Gasteiger partial charge in [-0.2, -0.15) is 4.90 Å². The lowest BCUT2D eigenvalue weighted by Crippen LogP contribution is -2.44. The summed E-state index contributed by atoms with van der Waals surface area (Å²) in [6, 6.07) is 11.7. The van der Waals surface area contributed by atoms with E-state index in [9.17, 15) is 14.0 Å². The predicted octanol–water partition coefficient (Wildman–Crippen LogP) is 8.36. The van der Waals surface area contributed by atoms with Crippen molar-refractivity contribution in [3.05, 3.63) is 82.0 Å². The van der Waals surface area contributed by atoms with Crippen LogP contribution in [0.1, 0.15) is 64.7 Å². The van der Waals surface area contributed by atoms with Gasteiger partial charge in [-0.05, 0) is 101 Å². The van der Waals surface area contributed by atoms with Gasteiger partial charge in [0.05, 0.1) is 5.69 Å². The molecule has 0 fully saturated rings. The summed E-state index contributed by atoms with van der Waals surface area (Å²) in [6.45, 7) is 10.4. The average molecular weight is 586 g/mol. The van der Waals surface area contributed by atoms with Crippen LogP contribution in [0.5, 0.6) is 0 Å². The van der Waals surface area contributed by atoms with Crippen molar-refractivity contribution in [2.45, 2.75) is 72.0 Å². The second-order valence-electron chi connectivity index (χ2n) is 11.8. The van der Waals surface area contributed by atoms with Crippen molar-refractivity contribution in [3.63, 3.8) is 0 Å². The number of hydrogen-bond acceptors (Lipinski definition) is 6. The topological polar surface area (TPSA) is 72.0 Å². The van der Waals surface area contributed by atoms with E-state index in [-0.39, 0.29) is 12.0 Å². The number of anilines is 3. The SMILES string of the molecule is CC(C)(C)OC(=O)N(C(=O)OC(C)(C)C)c1nccc(Cc2cccc3c2CCCN3c2ccc(Cl)cc2F)c1F. The van der Waals surface area contributed by atoms with E-state index in [1.54, 1.807) is 53.7 Å². The highest BCUT2D eigenvalue weighted by Gasteiger charge is 2.36. The van der Waals surface area contributed by atoms with Gasteiger partial charge in [0, 0.05) is 29.9 Å². The van der Waals surface area contributed by atoms with Crippen LogP contribution in [0, 0.1) is 11.6 Å². The first-order valence-electron chi connectivity index (χ1n) is 13.4. The fourth-order valence-corrected chi connectivity index (χ4v) is 4.80. The van der Waals surface area contributed by atoms with Crippen LogP contribution in [0.4, 0.5) is 35.6 Å². The van der Waals surface area contributed by atoms with Gasteiger partial charge in [0.25, 0.3) is 0 Å². The Hall–Kier alpha value is -3.72. The molecule has 0 bridgehead atoms. The number of aromatic nitrogens is 1. The van der Waals surface area contributed by atoms with Crippen LogP contribution in [0.3, 0.4) is 0 Å². The monoisotopic (exact) mass is 585 g/mol. The van der Waals surface area contributed by atoms with Crippen molar-refractivity contribution in [2.75, 3.05) is 16.3 Å². The molecule has 0 radical (unpaired) electrons. The van der Waals surface area contributed by atoms with Crippen molar-refractivity contribution in [1.82, 2.24) is 4.98 Å². The van der Waals surface area contributed by atoms with Crippen LogP contribution in [0.2, 0.25) is 5.02 Å². The van der Waals surface area contributed by atoms with Gasteiger partial charge in [0.15, 0.2) is 11.6 Å². The van der Waals surface area contributed by atoms with Gasteiger partial charge < -0.3 is 14.4 Å². The van der Waals surface area contributed by atoms with Crippen molar-refractivity contribution in [3.8, 4) is 0 Å². The van der Waals surface area contributed by atoms with Crippen LogP contribution >= 0.6 is 11.6 Å².